The SMILES string of the molecule is O=C(O)C=CC(=O)O.c1cnn(Nc2ccncc2)c1. The lowest BCUT2D eigenvalue weighted by molar-refractivity contribution is -0.134. The molecule has 8 heteroatoms. The second kappa shape index (κ2) is 8.03. The van der Waals surface area contributed by atoms with E-state index < -0.39 is 11.9 Å². The molecule has 0 aliphatic rings. The third kappa shape index (κ3) is 6.55. The number of carboxylic acids is 2. The molecule has 0 aliphatic carbocycles. The Morgan fingerprint density at radius 3 is 2.15 bits per heavy atom. The van der Waals surface area contributed by atoms with E-state index in [1.165, 1.54) is 0 Å². The summed E-state index contributed by atoms with van der Waals surface area (Å²) in [5.41, 5.74) is 4.02. The predicted molar refractivity (Wildman–Crippen MR) is 69.9 cm³/mol. The first-order valence-corrected chi connectivity index (χ1v) is 5.38. The maximum atomic E-state index is 9.55. The summed E-state index contributed by atoms with van der Waals surface area (Å²) in [7, 11) is 0. The summed E-state index contributed by atoms with van der Waals surface area (Å²) in [5, 5.41) is 19.6. The highest BCUT2D eigenvalue weighted by Crippen LogP contribution is 2.02. The maximum absolute atomic E-state index is 9.55. The Bertz CT molecular complexity index is 550. The highest BCUT2D eigenvalue weighted by Gasteiger charge is 1.89. The van der Waals surface area contributed by atoms with Crippen LogP contribution in [-0.4, -0.2) is 37.0 Å². The first kappa shape index (κ1) is 14.9. The van der Waals surface area contributed by atoms with Crippen molar-refractivity contribution in [1.29, 1.82) is 0 Å². The van der Waals surface area contributed by atoms with Crippen molar-refractivity contribution in [3.8, 4) is 0 Å². The Hall–Kier alpha value is -3.16. The quantitative estimate of drug-likeness (QED) is 0.709. The van der Waals surface area contributed by atoms with Gasteiger partial charge in [-0.2, -0.15) is 9.89 Å². The van der Waals surface area contributed by atoms with Crippen LogP contribution in [0.5, 0.6) is 0 Å². The van der Waals surface area contributed by atoms with Gasteiger partial charge in [0.25, 0.3) is 0 Å². The van der Waals surface area contributed by atoms with E-state index >= 15 is 0 Å². The molecule has 0 unspecified atom stereocenters. The van der Waals surface area contributed by atoms with Crippen molar-refractivity contribution in [3.63, 3.8) is 0 Å². The molecule has 2 rings (SSSR count). The van der Waals surface area contributed by atoms with Gasteiger partial charge in [-0.3, -0.25) is 10.4 Å². The molecule has 104 valence electrons. The van der Waals surface area contributed by atoms with Crippen LogP contribution in [0, 0.1) is 0 Å². The minimum atomic E-state index is -1.26. The lowest BCUT2D eigenvalue weighted by atomic mass is 10.4. The molecule has 0 fully saturated rings. The van der Waals surface area contributed by atoms with E-state index in [1.54, 1.807) is 23.4 Å². The summed E-state index contributed by atoms with van der Waals surface area (Å²) in [6, 6.07) is 5.61. The Morgan fingerprint density at radius 2 is 1.70 bits per heavy atom. The predicted octanol–water partition coefficient (Wildman–Crippen LogP) is 0.865. The van der Waals surface area contributed by atoms with Gasteiger partial charge in [-0.25, -0.2) is 9.59 Å². The molecule has 0 aliphatic heterocycles. The Balaban J connectivity index is 0.000000221. The topological polar surface area (TPSA) is 117 Å². The number of pyridine rings is 1. The number of nitrogens with one attached hydrogen (secondary N) is 1. The molecule has 2 aromatic heterocycles. The molecule has 20 heavy (non-hydrogen) atoms. The number of carbonyl (C=O) groups is 2. The van der Waals surface area contributed by atoms with Crippen molar-refractivity contribution in [2.75, 3.05) is 5.43 Å². The third-order valence-corrected chi connectivity index (χ3v) is 1.80. The number of hydrogen-bond donors (Lipinski definition) is 3. The molecular weight excluding hydrogens is 264 g/mol. The van der Waals surface area contributed by atoms with Crippen LogP contribution in [0.1, 0.15) is 0 Å². The van der Waals surface area contributed by atoms with Crippen LogP contribution >= 0.6 is 0 Å². The van der Waals surface area contributed by atoms with E-state index in [1.807, 2.05) is 24.4 Å². The molecule has 3 N–H and O–H groups in total. The van der Waals surface area contributed by atoms with E-state index in [9.17, 15) is 9.59 Å². The van der Waals surface area contributed by atoms with Gasteiger partial charge in [-0.15, -0.1) is 0 Å². The van der Waals surface area contributed by atoms with Crippen LogP contribution in [-0.2, 0) is 9.59 Å². The molecule has 8 nitrogen and oxygen atoms in total. The van der Waals surface area contributed by atoms with Crippen LogP contribution in [0.15, 0.2) is 55.1 Å². The molecule has 0 atom stereocenters. The number of rotatable bonds is 4. The first-order valence-electron chi connectivity index (χ1n) is 5.38. The fourth-order valence-electron chi connectivity index (χ4n) is 1.04. The smallest absolute Gasteiger partial charge is 0.328 e. The van der Waals surface area contributed by atoms with Crippen molar-refractivity contribution in [2.45, 2.75) is 0 Å². The Kier molecular flexibility index (Phi) is 5.98. The van der Waals surface area contributed by atoms with Gasteiger partial charge in [0.1, 0.15) is 0 Å². The lowest BCUT2D eigenvalue weighted by Crippen LogP contribution is -2.08. The van der Waals surface area contributed by atoms with Crippen LogP contribution in [0.3, 0.4) is 0 Å². The van der Waals surface area contributed by atoms with Crippen molar-refractivity contribution < 1.29 is 19.8 Å². The summed E-state index contributed by atoms with van der Waals surface area (Å²) in [6.07, 6.45) is 8.12. The normalized spacial score (nSPS) is 9.60. The van der Waals surface area contributed by atoms with E-state index in [0.717, 1.165) is 5.69 Å². The van der Waals surface area contributed by atoms with E-state index in [4.69, 9.17) is 10.2 Å². The number of anilines is 1. The summed E-state index contributed by atoms with van der Waals surface area (Å²) < 4.78 is 0. The summed E-state index contributed by atoms with van der Waals surface area (Å²) in [5.74, 6) is -2.51. The van der Waals surface area contributed by atoms with Gasteiger partial charge in [0, 0.05) is 30.7 Å². The Morgan fingerprint density at radius 1 is 1.10 bits per heavy atom. The summed E-state index contributed by atoms with van der Waals surface area (Å²) >= 11 is 0. The van der Waals surface area contributed by atoms with E-state index in [0.29, 0.717) is 12.2 Å². The highest BCUT2D eigenvalue weighted by molar-refractivity contribution is 5.89. The fraction of sp³-hybridized carbons (Fsp3) is 0. The largest absolute Gasteiger partial charge is 0.478 e. The number of hydrogen-bond acceptors (Lipinski definition) is 5. The average Bonchev–Trinajstić information content (AvgIpc) is 2.91. The van der Waals surface area contributed by atoms with Gasteiger partial charge in [0.15, 0.2) is 0 Å². The zero-order chi connectivity index (χ0) is 14.8. The molecule has 2 aromatic rings. The van der Waals surface area contributed by atoms with Gasteiger partial charge in [-0.05, 0) is 18.2 Å². The molecular formula is C12H12N4O4. The van der Waals surface area contributed by atoms with Crippen molar-refractivity contribution >= 4 is 17.6 Å². The van der Waals surface area contributed by atoms with Gasteiger partial charge in [-0.1, -0.05) is 0 Å². The van der Waals surface area contributed by atoms with Crippen LogP contribution in [0.25, 0.3) is 0 Å². The monoisotopic (exact) mass is 276 g/mol. The average molecular weight is 276 g/mol. The van der Waals surface area contributed by atoms with Gasteiger partial charge < -0.3 is 10.2 Å². The van der Waals surface area contributed by atoms with Gasteiger partial charge in [0.2, 0.25) is 0 Å². The third-order valence-electron chi connectivity index (χ3n) is 1.80. The molecule has 2 heterocycles. The van der Waals surface area contributed by atoms with Crippen molar-refractivity contribution in [3.05, 3.63) is 55.1 Å². The van der Waals surface area contributed by atoms with Crippen LogP contribution < -0.4 is 5.43 Å². The molecule has 0 radical (unpaired) electrons. The molecule has 0 spiro atoms. The number of aromatic nitrogens is 3. The lowest BCUT2D eigenvalue weighted by Gasteiger charge is -2.03. The van der Waals surface area contributed by atoms with E-state index in [-0.39, 0.29) is 0 Å². The molecule has 0 bridgehead atoms. The minimum Gasteiger partial charge on any atom is -0.478 e. The van der Waals surface area contributed by atoms with E-state index in [2.05, 4.69) is 15.5 Å². The fourth-order valence-corrected chi connectivity index (χ4v) is 1.04. The first-order chi connectivity index (χ1) is 9.58. The standard InChI is InChI=1S/C8H8N4.C4H4O4/c1-4-10-12(7-1)11-8-2-5-9-6-3-8;5-3(6)1-2-4(7)8/h1-7H,(H,9,11);1-2H,(H,5,6)(H,7,8). The van der Waals surface area contributed by atoms with Gasteiger partial charge in [0.05, 0.1) is 11.9 Å². The van der Waals surface area contributed by atoms with Crippen molar-refractivity contribution in [1.82, 2.24) is 14.9 Å². The number of aliphatic carboxylic acids is 2. The second-order valence-corrected chi connectivity index (χ2v) is 3.31. The highest BCUT2D eigenvalue weighted by atomic mass is 16.4. The second-order valence-electron chi connectivity index (χ2n) is 3.31. The number of nitrogens with zero attached hydrogens (tertiary/aromatic N) is 3. The van der Waals surface area contributed by atoms with Crippen molar-refractivity contribution in [2.24, 2.45) is 0 Å². The maximum Gasteiger partial charge on any atom is 0.328 e. The zero-order valence-electron chi connectivity index (χ0n) is 10.2. The molecule has 0 amide bonds. The summed E-state index contributed by atoms with van der Waals surface area (Å²) in [4.78, 5) is 24.6. The van der Waals surface area contributed by atoms with Crippen LogP contribution in [0.2, 0.25) is 0 Å². The van der Waals surface area contributed by atoms with Crippen LogP contribution in [0.4, 0.5) is 5.69 Å². The molecule has 0 saturated carbocycles. The summed E-state index contributed by atoms with van der Waals surface area (Å²) in [6.45, 7) is 0. The minimum absolute atomic E-state index is 0.558. The molecule has 0 saturated heterocycles. The van der Waals surface area contributed by atoms with Gasteiger partial charge >= 0.3 is 11.9 Å². The zero-order valence-corrected chi connectivity index (χ0v) is 10.2. The molecule has 0 aromatic carbocycles. The number of carboxylic acid groups (broad SMARTS) is 2. The Labute approximate surface area is 114 Å².